The normalized spacial score (nSPS) is 10.2. The summed E-state index contributed by atoms with van der Waals surface area (Å²) in [7, 11) is 4.70. The number of carbonyl (C=O) groups is 1. The molecule has 2 amide bonds. The maximum atomic E-state index is 13.5. The third kappa shape index (κ3) is 5.77. The summed E-state index contributed by atoms with van der Waals surface area (Å²) in [5.41, 5.74) is 1.47. The van der Waals surface area contributed by atoms with Crippen molar-refractivity contribution in [2.75, 3.05) is 34.4 Å². The second kappa shape index (κ2) is 10.3. The molecule has 0 atom stereocenters. The highest BCUT2D eigenvalue weighted by Gasteiger charge is 2.12. The molecule has 0 saturated heterocycles. The van der Waals surface area contributed by atoms with Gasteiger partial charge in [0, 0.05) is 19.2 Å². The van der Waals surface area contributed by atoms with Crippen molar-refractivity contribution in [1.82, 2.24) is 10.6 Å². The van der Waals surface area contributed by atoms with Gasteiger partial charge in [-0.05, 0) is 36.1 Å². The van der Waals surface area contributed by atoms with Crippen molar-refractivity contribution in [1.29, 1.82) is 0 Å². The molecule has 146 valence electrons. The number of ether oxygens (including phenoxy) is 3. The smallest absolute Gasteiger partial charge is 0.314 e. The summed E-state index contributed by atoms with van der Waals surface area (Å²) in [4.78, 5) is 11.9. The monoisotopic (exact) mass is 376 g/mol. The highest BCUT2D eigenvalue weighted by Crippen LogP contribution is 2.34. The van der Waals surface area contributed by atoms with E-state index in [0.29, 0.717) is 48.7 Å². The van der Waals surface area contributed by atoms with Gasteiger partial charge in [-0.3, -0.25) is 0 Å². The number of carbonyl (C=O) groups excluding carboxylic acids is 1. The number of methoxy groups -OCH3 is 3. The Bertz CT molecular complexity index is 768. The second-order valence-electron chi connectivity index (χ2n) is 5.79. The molecule has 0 saturated carbocycles. The van der Waals surface area contributed by atoms with Gasteiger partial charge in [-0.25, -0.2) is 9.18 Å². The quantitative estimate of drug-likeness (QED) is 0.706. The lowest BCUT2D eigenvalue weighted by molar-refractivity contribution is 0.241. The molecule has 7 heteroatoms. The number of halogens is 1. The van der Waals surface area contributed by atoms with Crippen LogP contribution in [0.4, 0.5) is 9.18 Å². The van der Waals surface area contributed by atoms with E-state index in [9.17, 15) is 9.18 Å². The summed E-state index contributed by atoms with van der Waals surface area (Å²) >= 11 is 0. The van der Waals surface area contributed by atoms with E-state index in [0.717, 1.165) is 5.56 Å². The SMILES string of the molecule is COc1cc(OC)c(OC)cc1CCNC(=O)NCCc1ccccc1F. The number of rotatable bonds is 9. The molecule has 0 aliphatic carbocycles. The van der Waals surface area contributed by atoms with Crippen LogP contribution < -0.4 is 24.8 Å². The standard InChI is InChI=1S/C20H25FN2O4/c1-25-17-13-19(27-3)18(26-2)12-15(17)9-11-23-20(24)22-10-8-14-6-4-5-7-16(14)21/h4-7,12-13H,8-11H2,1-3H3,(H2,22,23,24). The summed E-state index contributed by atoms with van der Waals surface area (Å²) in [6.07, 6.45) is 0.994. The van der Waals surface area contributed by atoms with Gasteiger partial charge in [0.15, 0.2) is 11.5 Å². The molecule has 2 aromatic rings. The van der Waals surface area contributed by atoms with Crippen LogP contribution in [-0.2, 0) is 12.8 Å². The molecule has 0 radical (unpaired) electrons. The van der Waals surface area contributed by atoms with E-state index in [1.54, 1.807) is 45.6 Å². The summed E-state index contributed by atoms with van der Waals surface area (Å²) in [6, 6.07) is 9.81. The van der Waals surface area contributed by atoms with Crippen molar-refractivity contribution in [2.24, 2.45) is 0 Å². The number of benzene rings is 2. The average Bonchev–Trinajstić information content (AvgIpc) is 2.69. The van der Waals surface area contributed by atoms with Crippen LogP contribution >= 0.6 is 0 Å². The molecule has 0 heterocycles. The van der Waals surface area contributed by atoms with Gasteiger partial charge in [-0.1, -0.05) is 18.2 Å². The van der Waals surface area contributed by atoms with E-state index in [-0.39, 0.29) is 11.8 Å². The van der Waals surface area contributed by atoms with Crippen molar-refractivity contribution in [3.63, 3.8) is 0 Å². The predicted molar refractivity (Wildman–Crippen MR) is 101 cm³/mol. The molecular formula is C20H25FN2O4. The van der Waals surface area contributed by atoms with Gasteiger partial charge in [0.2, 0.25) is 0 Å². The summed E-state index contributed by atoms with van der Waals surface area (Å²) in [5, 5.41) is 5.50. The zero-order chi connectivity index (χ0) is 19.6. The molecule has 0 bridgehead atoms. The maximum Gasteiger partial charge on any atom is 0.314 e. The summed E-state index contributed by atoms with van der Waals surface area (Å²) in [6.45, 7) is 0.768. The van der Waals surface area contributed by atoms with E-state index < -0.39 is 0 Å². The van der Waals surface area contributed by atoms with E-state index in [2.05, 4.69) is 10.6 Å². The Kier molecular flexibility index (Phi) is 7.73. The molecule has 2 rings (SSSR count). The van der Waals surface area contributed by atoms with E-state index in [1.165, 1.54) is 6.07 Å². The van der Waals surface area contributed by atoms with Crippen molar-refractivity contribution < 1.29 is 23.4 Å². The molecule has 0 spiro atoms. The molecule has 2 aromatic carbocycles. The third-order valence-electron chi connectivity index (χ3n) is 4.10. The molecule has 27 heavy (non-hydrogen) atoms. The molecular weight excluding hydrogens is 351 g/mol. The minimum absolute atomic E-state index is 0.264. The number of hydrogen-bond donors (Lipinski definition) is 2. The number of amides is 2. The lowest BCUT2D eigenvalue weighted by Crippen LogP contribution is -2.37. The Morgan fingerprint density at radius 3 is 2.00 bits per heavy atom. The number of urea groups is 1. The van der Waals surface area contributed by atoms with Gasteiger partial charge in [0.05, 0.1) is 21.3 Å². The molecule has 0 aliphatic heterocycles. The van der Waals surface area contributed by atoms with Crippen LogP contribution in [0.1, 0.15) is 11.1 Å². The Morgan fingerprint density at radius 2 is 1.41 bits per heavy atom. The maximum absolute atomic E-state index is 13.5. The van der Waals surface area contributed by atoms with Crippen molar-refractivity contribution in [2.45, 2.75) is 12.8 Å². The topological polar surface area (TPSA) is 68.8 Å². The lowest BCUT2D eigenvalue weighted by Gasteiger charge is -2.14. The Morgan fingerprint density at radius 1 is 0.852 bits per heavy atom. The summed E-state index contributed by atoms with van der Waals surface area (Å²) in [5.74, 6) is 1.58. The molecule has 0 fully saturated rings. The molecule has 2 N–H and O–H groups in total. The molecule has 0 unspecified atom stereocenters. The fourth-order valence-electron chi connectivity index (χ4n) is 2.67. The fourth-order valence-corrected chi connectivity index (χ4v) is 2.67. The van der Waals surface area contributed by atoms with E-state index >= 15 is 0 Å². The van der Waals surface area contributed by atoms with Crippen LogP contribution in [0.15, 0.2) is 36.4 Å². The number of hydrogen-bond acceptors (Lipinski definition) is 4. The van der Waals surface area contributed by atoms with Crippen LogP contribution in [0.2, 0.25) is 0 Å². The Balaban J connectivity index is 1.81. The zero-order valence-electron chi connectivity index (χ0n) is 15.8. The lowest BCUT2D eigenvalue weighted by atomic mass is 10.1. The molecule has 6 nitrogen and oxygen atoms in total. The van der Waals surface area contributed by atoms with Crippen molar-refractivity contribution in [3.05, 3.63) is 53.3 Å². The molecule has 0 aliphatic rings. The Hall–Kier alpha value is -2.96. The average molecular weight is 376 g/mol. The molecule has 0 aromatic heterocycles. The second-order valence-corrected chi connectivity index (χ2v) is 5.79. The van der Waals surface area contributed by atoms with Crippen molar-refractivity contribution in [3.8, 4) is 17.2 Å². The predicted octanol–water partition coefficient (Wildman–Crippen LogP) is 2.94. The van der Waals surface area contributed by atoms with Gasteiger partial charge >= 0.3 is 6.03 Å². The largest absolute Gasteiger partial charge is 0.496 e. The van der Waals surface area contributed by atoms with Gasteiger partial charge in [-0.15, -0.1) is 0 Å². The highest BCUT2D eigenvalue weighted by molar-refractivity contribution is 5.73. The van der Waals surface area contributed by atoms with Crippen LogP contribution in [-0.4, -0.2) is 40.5 Å². The van der Waals surface area contributed by atoms with Gasteiger partial charge in [0.25, 0.3) is 0 Å². The fraction of sp³-hybridized carbons (Fsp3) is 0.350. The third-order valence-corrected chi connectivity index (χ3v) is 4.10. The van der Waals surface area contributed by atoms with Crippen molar-refractivity contribution >= 4 is 6.03 Å². The Labute approximate surface area is 158 Å². The van der Waals surface area contributed by atoms with E-state index in [4.69, 9.17) is 14.2 Å². The first-order valence-electron chi connectivity index (χ1n) is 8.63. The summed E-state index contributed by atoms with van der Waals surface area (Å²) < 4.78 is 29.5. The van der Waals surface area contributed by atoms with Crippen LogP contribution in [0.25, 0.3) is 0 Å². The minimum Gasteiger partial charge on any atom is -0.496 e. The first-order valence-corrected chi connectivity index (χ1v) is 8.63. The number of nitrogens with one attached hydrogen (secondary N) is 2. The van der Waals surface area contributed by atoms with E-state index in [1.807, 2.05) is 6.07 Å². The van der Waals surface area contributed by atoms with Crippen LogP contribution in [0.3, 0.4) is 0 Å². The van der Waals surface area contributed by atoms with Gasteiger partial charge in [-0.2, -0.15) is 0 Å². The minimum atomic E-state index is -0.300. The first-order chi connectivity index (χ1) is 13.1. The van der Waals surface area contributed by atoms with Crippen LogP contribution in [0.5, 0.6) is 17.2 Å². The highest BCUT2D eigenvalue weighted by atomic mass is 19.1. The first kappa shape index (κ1) is 20.4. The zero-order valence-corrected chi connectivity index (χ0v) is 15.8. The van der Waals surface area contributed by atoms with Gasteiger partial charge < -0.3 is 24.8 Å². The van der Waals surface area contributed by atoms with Crippen LogP contribution in [0, 0.1) is 5.82 Å². The van der Waals surface area contributed by atoms with Gasteiger partial charge in [0.1, 0.15) is 11.6 Å².